The van der Waals surface area contributed by atoms with Gasteiger partial charge in [0.15, 0.2) is 17.2 Å². The highest BCUT2D eigenvalue weighted by molar-refractivity contribution is 7.71. The van der Waals surface area contributed by atoms with Gasteiger partial charge in [0.1, 0.15) is 24.9 Å². The third-order valence-electron chi connectivity index (χ3n) is 4.07. The van der Waals surface area contributed by atoms with Gasteiger partial charge in [-0.1, -0.05) is 5.09 Å². The van der Waals surface area contributed by atoms with E-state index in [4.69, 9.17) is 26.2 Å². The first kappa shape index (κ1) is 23.7. The number of nitrogens with one attached hydrogen (secondary N) is 2. The predicted octanol–water partition coefficient (Wildman–Crippen LogP) is 1.41. The lowest BCUT2D eigenvalue weighted by molar-refractivity contribution is -0.149. The minimum atomic E-state index is -2.50. The normalized spacial score (nSPS) is 25.8. The summed E-state index contributed by atoms with van der Waals surface area (Å²) in [4.78, 5) is 25.7. The van der Waals surface area contributed by atoms with Crippen LogP contribution in [0.4, 0.5) is 4.39 Å². The summed E-state index contributed by atoms with van der Waals surface area (Å²) in [5, 5.41) is 12.5. The van der Waals surface area contributed by atoms with E-state index in [9.17, 15) is 23.7 Å². The largest absolute Gasteiger partial charge is 0.613 e. The molecule has 2 heterocycles. The Morgan fingerprint density at radius 1 is 1.52 bits per heavy atom. The molecule has 0 radical (unpaired) electrons. The van der Waals surface area contributed by atoms with Gasteiger partial charge in [-0.3, -0.25) is 19.1 Å². The van der Waals surface area contributed by atoms with Gasteiger partial charge in [0, 0.05) is 11.8 Å². The lowest BCUT2D eigenvalue weighted by atomic mass is 10.1. The van der Waals surface area contributed by atoms with E-state index in [1.165, 1.54) is 24.6 Å². The summed E-state index contributed by atoms with van der Waals surface area (Å²) in [5.74, 6) is -0.601. The smallest absolute Gasteiger partial charge is 0.462 e. The molecule has 0 amide bonds. The molecule has 1 aliphatic rings. The van der Waals surface area contributed by atoms with Gasteiger partial charge in [-0.15, -0.1) is 4.52 Å². The molecule has 162 valence electrons. The Morgan fingerprint density at radius 2 is 2.17 bits per heavy atom. The second kappa shape index (κ2) is 9.96. The van der Waals surface area contributed by atoms with E-state index in [-0.39, 0.29) is 16.4 Å². The SMILES string of the molecule is Cc1cn([C@H]2OC(CO[P+](=O)N[C@@H](C)C(=O)OC(C)C)[C@@H](O)C2F)c(=S)[nH]c1=O. The number of ether oxygens (including phenoxy) is 2. The number of halogens is 1. The van der Waals surface area contributed by atoms with E-state index in [1.807, 2.05) is 0 Å². The van der Waals surface area contributed by atoms with Gasteiger partial charge in [0.05, 0.1) is 6.10 Å². The minimum absolute atomic E-state index is 0.0627. The third kappa shape index (κ3) is 5.97. The quantitative estimate of drug-likeness (QED) is 0.304. The maximum Gasteiger partial charge on any atom is 0.613 e. The second-order valence-corrected chi connectivity index (χ2v) is 8.29. The Kier molecular flexibility index (Phi) is 8.15. The molecule has 1 saturated heterocycles. The van der Waals surface area contributed by atoms with Crippen molar-refractivity contribution in [3.05, 3.63) is 26.9 Å². The Labute approximate surface area is 172 Å². The van der Waals surface area contributed by atoms with Crippen molar-refractivity contribution in [3.63, 3.8) is 0 Å². The molecular formula is C16H24FN3O7PS+. The summed E-state index contributed by atoms with van der Waals surface area (Å²) >= 11 is 5.02. The molecule has 0 saturated carbocycles. The van der Waals surface area contributed by atoms with Gasteiger partial charge in [0.25, 0.3) is 5.56 Å². The monoisotopic (exact) mass is 452 g/mol. The average Bonchev–Trinajstić information content (AvgIpc) is 2.90. The van der Waals surface area contributed by atoms with Crippen LogP contribution in [0.1, 0.15) is 32.6 Å². The molecule has 29 heavy (non-hydrogen) atoms. The van der Waals surface area contributed by atoms with Crippen molar-refractivity contribution in [1.82, 2.24) is 14.6 Å². The number of aromatic nitrogens is 2. The molecule has 13 heteroatoms. The van der Waals surface area contributed by atoms with Crippen LogP contribution in [0, 0.1) is 11.7 Å². The molecule has 1 aromatic rings. The number of aromatic amines is 1. The predicted molar refractivity (Wildman–Crippen MR) is 103 cm³/mol. The number of hydrogen-bond acceptors (Lipinski definition) is 8. The number of carbonyl (C=O) groups excluding carboxylic acids is 1. The number of esters is 1. The van der Waals surface area contributed by atoms with Crippen LogP contribution < -0.4 is 10.6 Å². The van der Waals surface area contributed by atoms with Gasteiger partial charge in [-0.2, -0.15) is 0 Å². The second-order valence-electron chi connectivity index (χ2n) is 6.87. The topological polar surface area (TPSA) is 132 Å². The molecule has 1 fully saturated rings. The van der Waals surface area contributed by atoms with Gasteiger partial charge in [-0.25, -0.2) is 4.39 Å². The maximum atomic E-state index is 14.6. The fourth-order valence-corrected chi connectivity index (χ4v) is 3.59. The fourth-order valence-electron chi connectivity index (χ4n) is 2.56. The number of nitrogens with zero attached hydrogens (tertiary/aromatic N) is 1. The summed E-state index contributed by atoms with van der Waals surface area (Å²) in [7, 11) is -2.50. The van der Waals surface area contributed by atoms with Gasteiger partial charge < -0.3 is 14.6 Å². The highest BCUT2D eigenvalue weighted by Crippen LogP contribution is 2.33. The van der Waals surface area contributed by atoms with Crippen LogP contribution in [-0.4, -0.2) is 57.8 Å². The Morgan fingerprint density at radius 3 is 2.79 bits per heavy atom. The zero-order valence-electron chi connectivity index (χ0n) is 16.3. The van der Waals surface area contributed by atoms with Crippen LogP contribution >= 0.6 is 20.4 Å². The van der Waals surface area contributed by atoms with Gasteiger partial charge in [-0.05, 0) is 44.5 Å². The number of aliphatic hydroxyl groups excluding tert-OH is 1. The fraction of sp³-hybridized carbons (Fsp3) is 0.688. The van der Waals surface area contributed by atoms with E-state index >= 15 is 0 Å². The summed E-state index contributed by atoms with van der Waals surface area (Å²) in [6.07, 6.45) is -4.84. The number of carbonyl (C=O) groups is 1. The van der Waals surface area contributed by atoms with Crippen LogP contribution in [0.5, 0.6) is 0 Å². The van der Waals surface area contributed by atoms with Crippen LogP contribution in [0.2, 0.25) is 0 Å². The van der Waals surface area contributed by atoms with Crippen molar-refractivity contribution in [3.8, 4) is 0 Å². The average molecular weight is 452 g/mol. The van der Waals surface area contributed by atoms with E-state index in [0.717, 1.165) is 0 Å². The van der Waals surface area contributed by atoms with Crippen LogP contribution in [0.3, 0.4) is 0 Å². The molecule has 3 unspecified atom stereocenters. The van der Waals surface area contributed by atoms with Crippen molar-refractivity contribution in [1.29, 1.82) is 0 Å². The van der Waals surface area contributed by atoms with E-state index in [1.54, 1.807) is 13.8 Å². The van der Waals surface area contributed by atoms with Crippen LogP contribution in [0.15, 0.2) is 11.0 Å². The molecular weight excluding hydrogens is 428 g/mol. The van der Waals surface area contributed by atoms with Crippen LogP contribution in [0.25, 0.3) is 0 Å². The summed E-state index contributed by atoms with van der Waals surface area (Å²) in [5.41, 5.74) is -0.119. The standard InChI is InChI=1S/C16H23FN3O7PS/c1-7(2)26-15(23)9(4)19-28(24)25-6-10-12(21)11(17)14(27-10)20-5-8(3)13(22)18-16(20)29/h5,7,9-12,14,21H,6H2,1-4H3,(H-,18,19,22,24,29)/p+1/t9-,10?,11?,12+,14-/m0/s1. The Balaban J connectivity index is 1.97. The molecule has 2 rings (SSSR count). The molecule has 0 spiro atoms. The lowest BCUT2D eigenvalue weighted by Crippen LogP contribution is -2.34. The number of aryl methyl sites for hydroxylation is 1. The van der Waals surface area contributed by atoms with Crippen molar-refractivity contribution >= 4 is 26.4 Å². The summed E-state index contributed by atoms with van der Waals surface area (Å²) in [6.45, 7) is 5.93. The Hall–Kier alpha value is -1.56. The van der Waals surface area contributed by atoms with Crippen molar-refractivity contribution in [2.24, 2.45) is 0 Å². The highest BCUT2D eigenvalue weighted by atomic mass is 32.1. The Bertz CT molecular complexity index is 877. The molecule has 1 aromatic heterocycles. The number of aliphatic hydroxyl groups is 1. The first-order valence-electron chi connectivity index (χ1n) is 8.87. The van der Waals surface area contributed by atoms with Crippen molar-refractivity contribution in [2.45, 2.75) is 64.4 Å². The van der Waals surface area contributed by atoms with Gasteiger partial charge >= 0.3 is 14.1 Å². The van der Waals surface area contributed by atoms with E-state index < -0.39 is 57.0 Å². The summed E-state index contributed by atoms with van der Waals surface area (Å²) in [6, 6.07) is -0.889. The number of alkyl halides is 1. The maximum absolute atomic E-state index is 14.6. The van der Waals surface area contributed by atoms with E-state index in [2.05, 4.69) is 10.1 Å². The van der Waals surface area contributed by atoms with Gasteiger partial charge in [0.2, 0.25) is 0 Å². The molecule has 0 aliphatic carbocycles. The number of H-pyrrole nitrogens is 1. The highest BCUT2D eigenvalue weighted by Gasteiger charge is 2.46. The number of hydrogen-bond donors (Lipinski definition) is 3. The van der Waals surface area contributed by atoms with Crippen LogP contribution in [-0.2, 0) is 23.4 Å². The molecule has 1 aliphatic heterocycles. The first-order valence-corrected chi connectivity index (χ1v) is 10.5. The molecule has 10 nitrogen and oxygen atoms in total. The molecule has 0 bridgehead atoms. The zero-order valence-corrected chi connectivity index (χ0v) is 18.0. The third-order valence-corrected chi connectivity index (χ3v) is 5.37. The molecule has 0 aromatic carbocycles. The minimum Gasteiger partial charge on any atom is -0.462 e. The van der Waals surface area contributed by atoms with Crippen molar-refractivity contribution < 1.29 is 32.9 Å². The summed E-state index contributed by atoms with van der Waals surface area (Å²) < 4.78 is 43.2. The zero-order chi connectivity index (χ0) is 21.9. The first-order chi connectivity index (χ1) is 13.5. The van der Waals surface area contributed by atoms with E-state index in [0.29, 0.717) is 0 Å². The molecule has 6 atom stereocenters. The molecule has 3 N–H and O–H groups in total. The lowest BCUT2D eigenvalue weighted by Gasteiger charge is -2.17. The van der Waals surface area contributed by atoms with Crippen molar-refractivity contribution in [2.75, 3.05) is 6.61 Å². The number of rotatable bonds is 8.